The first kappa shape index (κ1) is 10.6. The number of hydrogen-bond donors (Lipinski definition) is 2. The van der Waals surface area contributed by atoms with Gasteiger partial charge in [-0.3, -0.25) is 0 Å². The van der Waals surface area contributed by atoms with Crippen molar-refractivity contribution < 1.29 is 5.11 Å². The summed E-state index contributed by atoms with van der Waals surface area (Å²) >= 11 is 11.5. The average Bonchev–Trinajstić information content (AvgIpc) is 2.12. The quantitative estimate of drug-likeness (QED) is 0.804. The molecule has 0 bridgehead atoms. The highest BCUT2D eigenvalue weighted by Crippen LogP contribution is 2.34. The largest absolute Gasteiger partial charge is 0.505 e. The first-order valence-electron chi connectivity index (χ1n) is 3.99. The Labute approximate surface area is 87.3 Å². The average molecular weight is 220 g/mol. The third-order valence-electron chi connectivity index (χ3n) is 1.91. The van der Waals surface area contributed by atoms with Gasteiger partial charge < -0.3 is 10.8 Å². The predicted molar refractivity (Wildman–Crippen MR) is 55.3 cm³/mol. The molecule has 0 amide bonds. The first-order chi connectivity index (χ1) is 6.06. The molecule has 0 saturated heterocycles. The molecule has 0 heterocycles. The Hall–Kier alpha value is -0.440. The Kier molecular flexibility index (Phi) is 3.42. The normalized spacial score (nSPS) is 12.9. The van der Waals surface area contributed by atoms with Crippen molar-refractivity contribution in [1.82, 2.24) is 0 Å². The molecule has 1 aromatic carbocycles. The van der Waals surface area contributed by atoms with Gasteiger partial charge in [0.15, 0.2) is 5.75 Å². The summed E-state index contributed by atoms with van der Waals surface area (Å²) in [4.78, 5) is 0. The molecule has 1 atom stereocenters. The maximum atomic E-state index is 9.28. The molecule has 0 aliphatic rings. The van der Waals surface area contributed by atoms with E-state index in [9.17, 15) is 5.11 Å². The van der Waals surface area contributed by atoms with Gasteiger partial charge in [0.1, 0.15) is 0 Å². The van der Waals surface area contributed by atoms with E-state index in [2.05, 4.69) is 0 Å². The summed E-state index contributed by atoms with van der Waals surface area (Å²) < 4.78 is 0. The predicted octanol–water partition coefficient (Wildman–Crippen LogP) is 3.11. The molecule has 0 aromatic heterocycles. The fourth-order valence-corrected chi connectivity index (χ4v) is 1.54. The van der Waals surface area contributed by atoms with Crippen LogP contribution in [-0.4, -0.2) is 5.11 Å². The second-order valence-electron chi connectivity index (χ2n) is 2.85. The van der Waals surface area contributed by atoms with Crippen LogP contribution >= 0.6 is 23.2 Å². The number of nitrogens with two attached hydrogens (primary N) is 1. The van der Waals surface area contributed by atoms with Crippen molar-refractivity contribution in [3.05, 3.63) is 27.7 Å². The lowest BCUT2D eigenvalue weighted by Crippen LogP contribution is -2.08. The van der Waals surface area contributed by atoms with Gasteiger partial charge >= 0.3 is 0 Å². The maximum Gasteiger partial charge on any atom is 0.152 e. The van der Waals surface area contributed by atoms with E-state index in [1.165, 1.54) is 0 Å². The summed E-state index contributed by atoms with van der Waals surface area (Å²) in [5.41, 5.74) is 6.63. The number of rotatable bonds is 2. The SMILES string of the molecule is CCC(N)c1cc(Cl)c(O)c(Cl)c1. The molecule has 13 heavy (non-hydrogen) atoms. The molecule has 0 aliphatic heterocycles. The lowest BCUT2D eigenvalue weighted by Gasteiger charge is -2.10. The van der Waals surface area contributed by atoms with E-state index in [1.54, 1.807) is 12.1 Å². The zero-order valence-electron chi connectivity index (χ0n) is 7.22. The van der Waals surface area contributed by atoms with Gasteiger partial charge in [-0.25, -0.2) is 0 Å². The molecule has 0 fully saturated rings. The van der Waals surface area contributed by atoms with E-state index in [-0.39, 0.29) is 21.8 Å². The highest BCUT2D eigenvalue weighted by Gasteiger charge is 2.10. The molecule has 4 heteroatoms. The van der Waals surface area contributed by atoms with Gasteiger partial charge in [-0.2, -0.15) is 0 Å². The fourth-order valence-electron chi connectivity index (χ4n) is 1.03. The number of halogens is 2. The first-order valence-corrected chi connectivity index (χ1v) is 4.75. The van der Waals surface area contributed by atoms with Crippen LogP contribution < -0.4 is 5.73 Å². The summed E-state index contributed by atoms with van der Waals surface area (Å²) in [5, 5.41) is 9.76. The Morgan fingerprint density at radius 3 is 2.23 bits per heavy atom. The second-order valence-corrected chi connectivity index (χ2v) is 3.66. The summed E-state index contributed by atoms with van der Waals surface area (Å²) in [7, 11) is 0. The second kappa shape index (κ2) is 4.18. The van der Waals surface area contributed by atoms with E-state index >= 15 is 0 Å². The minimum Gasteiger partial charge on any atom is -0.505 e. The number of aromatic hydroxyl groups is 1. The molecule has 1 unspecified atom stereocenters. The standard InChI is InChI=1S/C9H11Cl2NO/c1-2-8(12)5-3-6(10)9(13)7(11)4-5/h3-4,8,13H,2,12H2,1H3. The van der Waals surface area contributed by atoms with Gasteiger partial charge in [-0.15, -0.1) is 0 Å². The Bertz CT molecular complexity index is 291. The van der Waals surface area contributed by atoms with Crippen molar-refractivity contribution in [2.24, 2.45) is 5.73 Å². The van der Waals surface area contributed by atoms with Crippen LogP contribution in [-0.2, 0) is 0 Å². The van der Waals surface area contributed by atoms with Crippen LogP contribution in [0.5, 0.6) is 5.75 Å². The van der Waals surface area contributed by atoms with Crippen LogP contribution in [0.1, 0.15) is 24.9 Å². The van der Waals surface area contributed by atoms with Crippen LogP contribution in [0.25, 0.3) is 0 Å². The molecule has 72 valence electrons. The summed E-state index contributed by atoms with van der Waals surface area (Å²) in [6.07, 6.45) is 0.803. The molecular formula is C9H11Cl2NO. The van der Waals surface area contributed by atoms with E-state index in [0.29, 0.717) is 0 Å². The van der Waals surface area contributed by atoms with E-state index in [1.807, 2.05) is 6.92 Å². The molecule has 2 nitrogen and oxygen atoms in total. The molecule has 3 N–H and O–H groups in total. The van der Waals surface area contributed by atoms with Crippen LogP contribution in [0, 0.1) is 0 Å². The van der Waals surface area contributed by atoms with Gasteiger partial charge in [-0.05, 0) is 24.1 Å². The van der Waals surface area contributed by atoms with Gasteiger partial charge in [0.25, 0.3) is 0 Å². The highest BCUT2D eigenvalue weighted by atomic mass is 35.5. The zero-order chi connectivity index (χ0) is 10.0. The molecular weight excluding hydrogens is 209 g/mol. The molecule has 0 spiro atoms. The number of benzene rings is 1. The molecule has 0 aliphatic carbocycles. The third-order valence-corrected chi connectivity index (χ3v) is 2.48. The number of phenols is 1. The van der Waals surface area contributed by atoms with Gasteiger partial charge in [-0.1, -0.05) is 30.1 Å². The number of phenolic OH excluding ortho intramolecular Hbond substituents is 1. The minimum atomic E-state index is -0.0876. The molecule has 0 saturated carbocycles. The molecule has 1 aromatic rings. The number of hydrogen-bond acceptors (Lipinski definition) is 2. The van der Waals surface area contributed by atoms with Crippen LogP contribution in [0.4, 0.5) is 0 Å². The molecule has 0 radical (unpaired) electrons. The van der Waals surface area contributed by atoms with Gasteiger partial charge in [0.2, 0.25) is 0 Å². The third kappa shape index (κ3) is 2.27. The zero-order valence-corrected chi connectivity index (χ0v) is 8.73. The Balaban J connectivity index is 3.13. The lowest BCUT2D eigenvalue weighted by molar-refractivity contribution is 0.475. The van der Waals surface area contributed by atoms with Crippen molar-refractivity contribution in [1.29, 1.82) is 0 Å². The lowest BCUT2D eigenvalue weighted by atomic mass is 10.1. The van der Waals surface area contributed by atoms with E-state index in [0.717, 1.165) is 12.0 Å². The molecule has 1 rings (SSSR count). The summed E-state index contributed by atoms with van der Waals surface area (Å²) in [6, 6.07) is 3.18. The monoisotopic (exact) mass is 219 g/mol. The van der Waals surface area contributed by atoms with Gasteiger partial charge in [0, 0.05) is 6.04 Å². The van der Waals surface area contributed by atoms with Crippen molar-refractivity contribution in [2.75, 3.05) is 0 Å². The van der Waals surface area contributed by atoms with E-state index < -0.39 is 0 Å². The van der Waals surface area contributed by atoms with Crippen molar-refractivity contribution >= 4 is 23.2 Å². The maximum absolute atomic E-state index is 9.28. The van der Waals surface area contributed by atoms with Crippen LogP contribution in [0.2, 0.25) is 10.0 Å². The van der Waals surface area contributed by atoms with Crippen molar-refractivity contribution in [2.45, 2.75) is 19.4 Å². The Morgan fingerprint density at radius 2 is 1.85 bits per heavy atom. The van der Waals surface area contributed by atoms with Gasteiger partial charge in [0.05, 0.1) is 10.0 Å². The van der Waals surface area contributed by atoms with Crippen LogP contribution in [0.3, 0.4) is 0 Å². The van der Waals surface area contributed by atoms with Crippen LogP contribution in [0.15, 0.2) is 12.1 Å². The van der Waals surface area contributed by atoms with Crippen molar-refractivity contribution in [3.63, 3.8) is 0 Å². The van der Waals surface area contributed by atoms with E-state index in [4.69, 9.17) is 28.9 Å². The smallest absolute Gasteiger partial charge is 0.152 e. The highest BCUT2D eigenvalue weighted by molar-refractivity contribution is 6.37. The topological polar surface area (TPSA) is 46.2 Å². The summed E-state index contributed by atoms with van der Waals surface area (Å²) in [5.74, 6) is -0.0876. The minimum absolute atomic E-state index is 0.0874. The van der Waals surface area contributed by atoms with Crippen molar-refractivity contribution in [3.8, 4) is 5.75 Å². The summed E-state index contributed by atoms with van der Waals surface area (Å²) in [6.45, 7) is 1.97. The Morgan fingerprint density at radius 1 is 1.38 bits per heavy atom. The fraction of sp³-hybridized carbons (Fsp3) is 0.333.